The maximum Gasteiger partial charge on any atom is 0.271 e. The van der Waals surface area contributed by atoms with Crippen molar-refractivity contribution in [3.8, 4) is 0 Å². The van der Waals surface area contributed by atoms with E-state index in [9.17, 15) is 9.90 Å². The number of carbonyl (C=O) groups excluding carboxylic acids is 1. The first-order valence-electron chi connectivity index (χ1n) is 6.90. The van der Waals surface area contributed by atoms with Crippen molar-refractivity contribution in [3.05, 3.63) is 51.5 Å². The number of fused-ring (bicyclic) bond motifs is 1. The highest BCUT2D eigenvalue weighted by Crippen LogP contribution is 2.31. The van der Waals surface area contributed by atoms with E-state index in [1.165, 1.54) is 11.3 Å². The molecule has 3 rings (SSSR count). The van der Waals surface area contributed by atoms with Crippen molar-refractivity contribution < 1.29 is 9.90 Å². The first-order chi connectivity index (χ1) is 10.2. The summed E-state index contributed by atoms with van der Waals surface area (Å²) in [5, 5.41) is 15.6. The molecule has 1 aliphatic carbocycles. The summed E-state index contributed by atoms with van der Waals surface area (Å²) >= 11 is 1.43. The number of rotatable bonds is 4. The van der Waals surface area contributed by atoms with Gasteiger partial charge in [-0.25, -0.2) is 4.98 Å². The molecule has 4 N–H and O–H groups in total. The molecule has 2 atom stereocenters. The quantitative estimate of drug-likeness (QED) is 0.787. The number of hydrogen-bond acceptors (Lipinski definition) is 5. The topological polar surface area (TPSA) is 88.2 Å². The molecule has 1 heterocycles. The van der Waals surface area contributed by atoms with Crippen LogP contribution in [0.25, 0.3) is 0 Å². The van der Waals surface area contributed by atoms with Crippen LogP contribution in [0.3, 0.4) is 0 Å². The van der Waals surface area contributed by atoms with Gasteiger partial charge in [0.05, 0.1) is 17.2 Å². The minimum absolute atomic E-state index is 0.254. The van der Waals surface area contributed by atoms with Crippen molar-refractivity contribution in [2.24, 2.45) is 5.73 Å². The zero-order valence-electron chi connectivity index (χ0n) is 11.5. The fourth-order valence-corrected chi connectivity index (χ4v) is 3.41. The fraction of sp³-hybridized carbons (Fsp3) is 0.333. The van der Waals surface area contributed by atoms with Crippen LogP contribution in [0.1, 0.15) is 32.7 Å². The molecule has 6 heteroatoms. The largest absolute Gasteiger partial charge is 0.390 e. The van der Waals surface area contributed by atoms with E-state index in [4.69, 9.17) is 5.73 Å². The highest BCUT2D eigenvalue weighted by Gasteiger charge is 2.32. The maximum atomic E-state index is 12.3. The van der Waals surface area contributed by atoms with E-state index in [1.807, 2.05) is 24.3 Å². The van der Waals surface area contributed by atoms with Crippen molar-refractivity contribution >= 4 is 17.2 Å². The number of benzene rings is 1. The van der Waals surface area contributed by atoms with Crippen molar-refractivity contribution in [3.63, 3.8) is 0 Å². The average molecular weight is 303 g/mol. The molecule has 5 nitrogen and oxygen atoms in total. The van der Waals surface area contributed by atoms with Crippen molar-refractivity contribution in [2.45, 2.75) is 25.0 Å². The predicted octanol–water partition coefficient (Wildman–Crippen LogP) is 1.03. The Balaban J connectivity index is 1.75. The number of nitrogens with zero attached hydrogens (tertiary/aromatic N) is 1. The molecule has 1 aromatic heterocycles. The Hall–Kier alpha value is -1.76. The van der Waals surface area contributed by atoms with Crippen molar-refractivity contribution in [1.29, 1.82) is 0 Å². The Morgan fingerprint density at radius 1 is 1.48 bits per heavy atom. The number of nitrogens with one attached hydrogen (secondary N) is 1. The number of aliphatic hydroxyl groups is 1. The third-order valence-electron chi connectivity index (χ3n) is 3.63. The summed E-state index contributed by atoms with van der Waals surface area (Å²) in [5.41, 5.74) is 7.93. The van der Waals surface area contributed by atoms with Crippen LogP contribution in [0, 0.1) is 0 Å². The first kappa shape index (κ1) is 14.2. The zero-order chi connectivity index (χ0) is 14.8. The molecular weight excluding hydrogens is 286 g/mol. The third kappa shape index (κ3) is 2.83. The summed E-state index contributed by atoms with van der Waals surface area (Å²) in [7, 11) is 0. The van der Waals surface area contributed by atoms with Crippen molar-refractivity contribution in [2.75, 3.05) is 6.54 Å². The standard InChI is InChI=1S/C15H17N3O2S/c16-6-5-13-17-11(8-21-13)15(20)18-14-10-4-2-1-3-9(10)7-12(14)19/h1-4,8,12,14,19H,5-7,16H2,(H,18,20)/t12-,14+/m0/s1. The normalized spacial score (nSPS) is 20.3. The SMILES string of the molecule is NCCc1nc(C(=O)N[C@@H]2c3ccccc3C[C@@H]2O)cs1. The molecule has 0 spiro atoms. The lowest BCUT2D eigenvalue weighted by Gasteiger charge is -2.17. The second kappa shape index (κ2) is 5.93. The van der Waals surface area contributed by atoms with Crippen LogP contribution in [0.2, 0.25) is 0 Å². The molecule has 0 saturated heterocycles. The minimum atomic E-state index is -0.589. The van der Waals surface area contributed by atoms with E-state index in [0.29, 0.717) is 25.1 Å². The van der Waals surface area contributed by atoms with Gasteiger partial charge in [0.1, 0.15) is 5.69 Å². The lowest BCUT2D eigenvalue weighted by molar-refractivity contribution is 0.0854. The number of aliphatic hydroxyl groups excluding tert-OH is 1. The third-order valence-corrected chi connectivity index (χ3v) is 4.54. The molecule has 0 fully saturated rings. The Kier molecular flexibility index (Phi) is 4.01. The smallest absolute Gasteiger partial charge is 0.271 e. The molecule has 0 saturated carbocycles. The zero-order valence-corrected chi connectivity index (χ0v) is 12.3. The van der Waals surface area contributed by atoms with Crippen LogP contribution in [-0.2, 0) is 12.8 Å². The van der Waals surface area contributed by atoms with E-state index in [1.54, 1.807) is 5.38 Å². The van der Waals surface area contributed by atoms with Gasteiger partial charge in [-0.1, -0.05) is 24.3 Å². The molecule has 21 heavy (non-hydrogen) atoms. The van der Waals surface area contributed by atoms with Gasteiger partial charge in [-0.2, -0.15) is 0 Å². The Morgan fingerprint density at radius 2 is 2.29 bits per heavy atom. The summed E-state index contributed by atoms with van der Waals surface area (Å²) in [6.45, 7) is 0.517. The van der Waals surface area contributed by atoms with Gasteiger partial charge >= 0.3 is 0 Å². The van der Waals surface area contributed by atoms with Crippen LogP contribution in [0.4, 0.5) is 0 Å². The molecule has 2 aromatic rings. The highest BCUT2D eigenvalue weighted by molar-refractivity contribution is 7.09. The van der Waals surface area contributed by atoms with E-state index in [2.05, 4.69) is 10.3 Å². The summed E-state index contributed by atoms with van der Waals surface area (Å²) in [5.74, 6) is -0.254. The number of thiazole rings is 1. The summed E-state index contributed by atoms with van der Waals surface area (Å²) in [4.78, 5) is 16.5. The molecule has 110 valence electrons. The van der Waals surface area contributed by atoms with Gasteiger partial charge in [0, 0.05) is 18.2 Å². The van der Waals surface area contributed by atoms with Gasteiger partial charge in [0.2, 0.25) is 0 Å². The van der Waals surface area contributed by atoms with E-state index in [0.717, 1.165) is 16.1 Å². The molecule has 0 bridgehead atoms. The molecule has 1 aliphatic rings. The average Bonchev–Trinajstić information content (AvgIpc) is 3.05. The lowest BCUT2D eigenvalue weighted by Crippen LogP contribution is -2.34. The van der Waals surface area contributed by atoms with E-state index >= 15 is 0 Å². The van der Waals surface area contributed by atoms with Crippen LogP contribution >= 0.6 is 11.3 Å². The number of aromatic nitrogens is 1. The molecule has 1 amide bonds. The maximum absolute atomic E-state index is 12.3. The van der Waals surface area contributed by atoms with Gasteiger partial charge in [-0.05, 0) is 17.7 Å². The molecular formula is C15H17N3O2S. The first-order valence-corrected chi connectivity index (χ1v) is 7.78. The molecule has 0 aliphatic heterocycles. The molecule has 1 aromatic carbocycles. The van der Waals surface area contributed by atoms with Gasteiger partial charge in [-0.15, -0.1) is 11.3 Å². The van der Waals surface area contributed by atoms with Gasteiger partial charge < -0.3 is 16.2 Å². The lowest BCUT2D eigenvalue weighted by atomic mass is 10.1. The van der Waals surface area contributed by atoms with Gasteiger partial charge in [-0.3, -0.25) is 4.79 Å². The molecule has 0 unspecified atom stereocenters. The summed E-state index contributed by atoms with van der Waals surface area (Å²) in [6.07, 6.45) is 0.650. The van der Waals surface area contributed by atoms with Crippen LogP contribution in [0.15, 0.2) is 29.6 Å². The Morgan fingerprint density at radius 3 is 3.10 bits per heavy atom. The van der Waals surface area contributed by atoms with E-state index in [-0.39, 0.29) is 11.9 Å². The summed E-state index contributed by atoms with van der Waals surface area (Å²) < 4.78 is 0. The van der Waals surface area contributed by atoms with Crippen LogP contribution in [0.5, 0.6) is 0 Å². The number of nitrogens with two attached hydrogens (primary N) is 1. The fourth-order valence-electron chi connectivity index (χ4n) is 2.62. The molecule has 0 radical (unpaired) electrons. The van der Waals surface area contributed by atoms with Gasteiger partial charge in [0.15, 0.2) is 0 Å². The summed E-state index contributed by atoms with van der Waals surface area (Å²) in [6, 6.07) is 7.41. The van der Waals surface area contributed by atoms with Crippen LogP contribution < -0.4 is 11.1 Å². The van der Waals surface area contributed by atoms with E-state index < -0.39 is 6.10 Å². The second-order valence-corrected chi connectivity index (χ2v) is 6.03. The number of amides is 1. The van der Waals surface area contributed by atoms with Crippen molar-refractivity contribution in [1.82, 2.24) is 10.3 Å². The number of hydrogen-bond donors (Lipinski definition) is 3. The highest BCUT2D eigenvalue weighted by atomic mass is 32.1. The Bertz CT molecular complexity index is 656. The van der Waals surface area contributed by atoms with Gasteiger partial charge in [0.25, 0.3) is 5.91 Å². The monoisotopic (exact) mass is 303 g/mol. The predicted molar refractivity (Wildman–Crippen MR) is 81.2 cm³/mol. The minimum Gasteiger partial charge on any atom is -0.390 e. The van der Waals surface area contributed by atoms with Crippen LogP contribution in [-0.4, -0.2) is 28.6 Å². The number of carbonyl (C=O) groups is 1. The Labute approximate surface area is 126 Å². The second-order valence-electron chi connectivity index (χ2n) is 5.09.